The van der Waals surface area contributed by atoms with Crippen molar-refractivity contribution in [1.82, 2.24) is 0 Å². The number of anilines is 1. The Labute approximate surface area is 124 Å². The lowest BCUT2D eigenvalue weighted by molar-refractivity contribution is 0.102. The maximum Gasteiger partial charge on any atom is 0.257 e. The van der Waals surface area contributed by atoms with E-state index in [0.717, 1.165) is 6.07 Å². The number of halogens is 3. The number of nitriles is 1. The van der Waals surface area contributed by atoms with Crippen LogP contribution in [0.1, 0.15) is 15.9 Å². The molecule has 2 rings (SSSR count). The number of carbonyl (C=O) groups is 1. The third-order valence-electron chi connectivity index (χ3n) is 2.52. The molecule has 0 fully saturated rings. The predicted molar refractivity (Wildman–Crippen MR) is 75.5 cm³/mol. The molecule has 0 saturated carbocycles. The highest BCUT2D eigenvalue weighted by Gasteiger charge is 2.12. The van der Waals surface area contributed by atoms with Crippen LogP contribution in [-0.4, -0.2) is 5.91 Å². The number of hydrogen-bond donors (Lipinski definition) is 1. The van der Waals surface area contributed by atoms with Crippen molar-refractivity contribution in [2.75, 3.05) is 5.32 Å². The molecule has 20 heavy (non-hydrogen) atoms. The highest BCUT2D eigenvalue weighted by atomic mass is 35.5. The average Bonchev–Trinajstić information content (AvgIpc) is 2.43. The molecule has 0 aliphatic rings. The van der Waals surface area contributed by atoms with Gasteiger partial charge in [-0.25, -0.2) is 4.39 Å². The van der Waals surface area contributed by atoms with E-state index in [1.807, 2.05) is 0 Å². The van der Waals surface area contributed by atoms with E-state index in [0.29, 0.717) is 10.7 Å². The van der Waals surface area contributed by atoms with Crippen LogP contribution in [0.5, 0.6) is 0 Å². The third-order valence-corrected chi connectivity index (χ3v) is 3.08. The van der Waals surface area contributed by atoms with Crippen molar-refractivity contribution in [3.63, 3.8) is 0 Å². The van der Waals surface area contributed by atoms with E-state index in [4.69, 9.17) is 28.5 Å². The molecule has 0 spiro atoms. The second-order valence-electron chi connectivity index (χ2n) is 3.88. The zero-order valence-corrected chi connectivity index (χ0v) is 11.5. The fourth-order valence-electron chi connectivity index (χ4n) is 1.56. The molecule has 0 radical (unpaired) electrons. The van der Waals surface area contributed by atoms with Crippen molar-refractivity contribution in [3.05, 3.63) is 63.4 Å². The van der Waals surface area contributed by atoms with E-state index in [1.54, 1.807) is 12.1 Å². The van der Waals surface area contributed by atoms with Crippen molar-refractivity contribution in [1.29, 1.82) is 5.26 Å². The first-order valence-electron chi connectivity index (χ1n) is 5.47. The van der Waals surface area contributed by atoms with Crippen LogP contribution in [0.15, 0.2) is 36.4 Å². The molecule has 100 valence electrons. The quantitative estimate of drug-likeness (QED) is 0.901. The number of carbonyl (C=O) groups excluding carboxylic acids is 1. The van der Waals surface area contributed by atoms with E-state index >= 15 is 0 Å². The Balaban J connectivity index is 2.28. The molecule has 0 saturated heterocycles. The van der Waals surface area contributed by atoms with E-state index in [1.165, 1.54) is 24.3 Å². The summed E-state index contributed by atoms with van der Waals surface area (Å²) in [5.41, 5.74) is 0.339. The molecular formula is C14H7Cl2FN2O. The van der Waals surface area contributed by atoms with Crippen molar-refractivity contribution in [3.8, 4) is 6.07 Å². The van der Waals surface area contributed by atoms with Crippen LogP contribution in [0.3, 0.4) is 0 Å². The van der Waals surface area contributed by atoms with Gasteiger partial charge < -0.3 is 5.32 Å². The van der Waals surface area contributed by atoms with Gasteiger partial charge in [0.2, 0.25) is 0 Å². The van der Waals surface area contributed by atoms with E-state index in [2.05, 4.69) is 5.32 Å². The van der Waals surface area contributed by atoms with Gasteiger partial charge in [-0.2, -0.15) is 5.26 Å². The molecule has 0 atom stereocenters. The normalized spacial score (nSPS) is 9.90. The van der Waals surface area contributed by atoms with E-state index in [-0.39, 0.29) is 16.1 Å². The van der Waals surface area contributed by atoms with Crippen molar-refractivity contribution in [2.24, 2.45) is 0 Å². The van der Waals surface area contributed by atoms with Gasteiger partial charge in [-0.15, -0.1) is 0 Å². The van der Waals surface area contributed by atoms with Gasteiger partial charge in [-0.3, -0.25) is 4.79 Å². The Bertz CT molecular complexity index is 726. The number of nitrogens with zero attached hydrogens (tertiary/aromatic N) is 1. The minimum atomic E-state index is -0.647. The fraction of sp³-hybridized carbons (Fsp3) is 0. The smallest absolute Gasteiger partial charge is 0.257 e. The number of benzene rings is 2. The summed E-state index contributed by atoms with van der Waals surface area (Å²) in [4.78, 5) is 12.0. The molecule has 2 aromatic rings. The highest BCUT2D eigenvalue weighted by molar-refractivity contribution is 6.36. The maximum absolute atomic E-state index is 13.2. The molecule has 1 N–H and O–H groups in total. The summed E-state index contributed by atoms with van der Waals surface area (Å²) in [6.07, 6.45) is 0. The predicted octanol–water partition coefficient (Wildman–Crippen LogP) is 4.26. The first kappa shape index (κ1) is 14.3. The SMILES string of the molecule is N#Cc1cc(NC(=O)c2cc(Cl)ccc2Cl)ccc1F. The second kappa shape index (κ2) is 5.91. The first-order chi connectivity index (χ1) is 9.51. The molecule has 2 aromatic carbocycles. The average molecular weight is 309 g/mol. The molecule has 0 bridgehead atoms. The Kier molecular flexibility index (Phi) is 4.23. The van der Waals surface area contributed by atoms with Crippen LogP contribution in [0, 0.1) is 17.1 Å². The third kappa shape index (κ3) is 3.08. The van der Waals surface area contributed by atoms with Crippen LogP contribution in [0.4, 0.5) is 10.1 Å². The lowest BCUT2D eigenvalue weighted by Crippen LogP contribution is -2.12. The minimum Gasteiger partial charge on any atom is -0.322 e. The molecule has 6 heteroatoms. The number of hydrogen-bond acceptors (Lipinski definition) is 2. The molecular weight excluding hydrogens is 302 g/mol. The maximum atomic E-state index is 13.2. The largest absolute Gasteiger partial charge is 0.322 e. The van der Waals surface area contributed by atoms with E-state index < -0.39 is 11.7 Å². The summed E-state index contributed by atoms with van der Waals surface area (Å²) in [6.45, 7) is 0. The summed E-state index contributed by atoms with van der Waals surface area (Å²) >= 11 is 11.7. The van der Waals surface area contributed by atoms with Crippen LogP contribution in [-0.2, 0) is 0 Å². The number of amides is 1. The summed E-state index contributed by atoms with van der Waals surface area (Å²) in [7, 11) is 0. The Morgan fingerprint density at radius 3 is 2.65 bits per heavy atom. The topological polar surface area (TPSA) is 52.9 Å². The molecule has 0 heterocycles. The van der Waals surface area contributed by atoms with Crippen molar-refractivity contribution in [2.45, 2.75) is 0 Å². The number of nitrogens with one attached hydrogen (secondary N) is 1. The van der Waals surface area contributed by atoms with Crippen LogP contribution >= 0.6 is 23.2 Å². The first-order valence-corrected chi connectivity index (χ1v) is 6.23. The van der Waals surface area contributed by atoms with Gasteiger partial charge >= 0.3 is 0 Å². The standard InChI is InChI=1S/C14H7Cl2FN2O/c15-9-1-3-12(16)11(6-9)14(20)19-10-2-4-13(17)8(5-10)7-18/h1-6H,(H,19,20). The van der Waals surface area contributed by atoms with Crippen LogP contribution in [0.25, 0.3) is 0 Å². The van der Waals surface area contributed by atoms with Gasteiger partial charge in [0.05, 0.1) is 16.1 Å². The molecule has 0 aliphatic heterocycles. The monoisotopic (exact) mass is 308 g/mol. The zero-order chi connectivity index (χ0) is 14.7. The summed E-state index contributed by atoms with van der Waals surface area (Å²) in [6, 6.07) is 9.89. The lowest BCUT2D eigenvalue weighted by Gasteiger charge is -2.07. The molecule has 3 nitrogen and oxygen atoms in total. The van der Waals surface area contributed by atoms with Crippen molar-refractivity contribution >= 4 is 34.8 Å². The summed E-state index contributed by atoms with van der Waals surface area (Å²) in [5, 5.41) is 11.9. The molecule has 0 aliphatic carbocycles. The van der Waals surface area contributed by atoms with Gasteiger partial charge in [0.15, 0.2) is 0 Å². The minimum absolute atomic E-state index is 0.153. The zero-order valence-electron chi connectivity index (χ0n) is 9.95. The molecule has 0 aromatic heterocycles. The highest BCUT2D eigenvalue weighted by Crippen LogP contribution is 2.22. The van der Waals surface area contributed by atoms with Gasteiger partial charge in [-0.1, -0.05) is 23.2 Å². The molecule has 1 amide bonds. The fourth-order valence-corrected chi connectivity index (χ4v) is 1.93. The van der Waals surface area contributed by atoms with Gasteiger partial charge in [-0.05, 0) is 36.4 Å². The van der Waals surface area contributed by atoms with E-state index in [9.17, 15) is 9.18 Å². The second-order valence-corrected chi connectivity index (χ2v) is 4.73. The summed E-state index contributed by atoms with van der Waals surface area (Å²) < 4.78 is 13.2. The van der Waals surface area contributed by atoms with Gasteiger partial charge in [0.25, 0.3) is 5.91 Å². The molecule has 0 unspecified atom stereocenters. The lowest BCUT2D eigenvalue weighted by atomic mass is 10.1. The Hall–Kier alpha value is -2.09. The Morgan fingerprint density at radius 1 is 1.20 bits per heavy atom. The van der Waals surface area contributed by atoms with Crippen molar-refractivity contribution < 1.29 is 9.18 Å². The summed E-state index contributed by atoms with van der Waals surface area (Å²) in [5.74, 6) is -1.14. The van der Waals surface area contributed by atoms with Crippen LogP contribution < -0.4 is 5.32 Å². The Morgan fingerprint density at radius 2 is 1.95 bits per heavy atom. The van der Waals surface area contributed by atoms with Crippen LogP contribution in [0.2, 0.25) is 10.0 Å². The van der Waals surface area contributed by atoms with Gasteiger partial charge in [0.1, 0.15) is 11.9 Å². The van der Waals surface area contributed by atoms with Gasteiger partial charge in [0, 0.05) is 10.7 Å². The number of rotatable bonds is 2.